The van der Waals surface area contributed by atoms with Gasteiger partial charge in [-0.1, -0.05) is 36.5 Å². The molecular formula is C13H15Cl2N5. The molecule has 4 N–H and O–H groups in total. The largest absolute Gasteiger partial charge is 0.339 e. The third kappa shape index (κ3) is 3.30. The molecule has 0 saturated carbocycles. The first kappa shape index (κ1) is 14.8. The molecule has 1 aromatic heterocycles. The van der Waals surface area contributed by atoms with Crippen molar-refractivity contribution >= 4 is 40.5 Å². The zero-order valence-corrected chi connectivity index (χ0v) is 12.5. The standard InChI is InChI=1S/C13H15Cl2N5/c1-2-3-9-12(17-7-18-13(9)20-16)19-11-5-4-8(14)6-10(11)15/h4-7H,2-3,16H2,1H3,(H2,17,18,19,20). The number of rotatable bonds is 5. The predicted molar refractivity (Wildman–Crippen MR) is 83.6 cm³/mol. The van der Waals surface area contributed by atoms with E-state index in [1.165, 1.54) is 6.33 Å². The number of hydrazine groups is 1. The second-order valence-electron chi connectivity index (χ2n) is 4.19. The van der Waals surface area contributed by atoms with Crippen molar-refractivity contribution < 1.29 is 0 Å². The molecule has 0 amide bonds. The number of hydrogen-bond donors (Lipinski definition) is 3. The highest BCUT2D eigenvalue weighted by Crippen LogP contribution is 2.30. The molecule has 0 bridgehead atoms. The van der Waals surface area contributed by atoms with Crippen molar-refractivity contribution in [3.63, 3.8) is 0 Å². The summed E-state index contributed by atoms with van der Waals surface area (Å²) in [6.07, 6.45) is 3.19. The van der Waals surface area contributed by atoms with Crippen LogP contribution in [0.5, 0.6) is 0 Å². The van der Waals surface area contributed by atoms with Crippen molar-refractivity contribution in [2.75, 3.05) is 10.7 Å². The summed E-state index contributed by atoms with van der Waals surface area (Å²) >= 11 is 12.0. The highest BCUT2D eigenvalue weighted by molar-refractivity contribution is 6.36. The van der Waals surface area contributed by atoms with E-state index in [0.29, 0.717) is 21.7 Å². The van der Waals surface area contributed by atoms with Gasteiger partial charge in [0.25, 0.3) is 0 Å². The maximum atomic E-state index is 6.15. The van der Waals surface area contributed by atoms with Gasteiger partial charge in [0.1, 0.15) is 18.0 Å². The van der Waals surface area contributed by atoms with Crippen molar-refractivity contribution in [1.29, 1.82) is 0 Å². The average molecular weight is 312 g/mol. The molecule has 2 rings (SSSR count). The van der Waals surface area contributed by atoms with Gasteiger partial charge in [0, 0.05) is 10.6 Å². The monoisotopic (exact) mass is 311 g/mol. The van der Waals surface area contributed by atoms with E-state index in [4.69, 9.17) is 29.0 Å². The number of aromatic nitrogens is 2. The predicted octanol–water partition coefficient (Wildman–Crippen LogP) is 3.77. The third-order valence-corrected chi connectivity index (χ3v) is 3.31. The highest BCUT2D eigenvalue weighted by Gasteiger charge is 2.11. The molecule has 0 aliphatic heterocycles. The first-order valence-corrected chi connectivity index (χ1v) is 6.93. The molecule has 2 aromatic rings. The summed E-state index contributed by atoms with van der Waals surface area (Å²) in [4.78, 5) is 8.37. The molecular weight excluding hydrogens is 297 g/mol. The van der Waals surface area contributed by atoms with Gasteiger partial charge < -0.3 is 10.7 Å². The molecule has 0 radical (unpaired) electrons. The first-order chi connectivity index (χ1) is 9.65. The van der Waals surface area contributed by atoms with Gasteiger partial charge in [0.2, 0.25) is 0 Å². The van der Waals surface area contributed by atoms with Gasteiger partial charge in [-0.05, 0) is 24.6 Å². The molecule has 0 aliphatic carbocycles. The van der Waals surface area contributed by atoms with Crippen LogP contribution in [-0.4, -0.2) is 9.97 Å². The number of nitrogens with zero attached hydrogens (tertiary/aromatic N) is 2. The molecule has 0 fully saturated rings. The van der Waals surface area contributed by atoms with Gasteiger partial charge in [-0.2, -0.15) is 0 Å². The zero-order chi connectivity index (χ0) is 14.5. The fourth-order valence-electron chi connectivity index (χ4n) is 1.85. The summed E-state index contributed by atoms with van der Waals surface area (Å²) in [6.45, 7) is 2.08. The SMILES string of the molecule is CCCc1c(NN)ncnc1Nc1ccc(Cl)cc1Cl. The van der Waals surface area contributed by atoms with Crippen molar-refractivity contribution in [3.8, 4) is 0 Å². The summed E-state index contributed by atoms with van der Waals surface area (Å²) < 4.78 is 0. The molecule has 0 spiro atoms. The van der Waals surface area contributed by atoms with Crippen LogP contribution < -0.4 is 16.6 Å². The Hall–Kier alpha value is -1.56. The Morgan fingerprint density at radius 1 is 1.20 bits per heavy atom. The Balaban J connectivity index is 2.37. The van der Waals surface area contributed by atoms with Crippen LogP contribution in [0.15, 0.2) is 24.5 Å². The van der Waals surface area contributed by atoms with E-state index in [2.05, 4.69) is 27.6 Å². The number of nitrogens with one attached hydrogen (secondary N) is 2. The van der Waals surface area contributed by atoms with Crippen LogP contribution in [0.25, 0.3) is 0 Å². The van der Waals surface area contributed by atoms with Crippen molar-refractivity contribution in [1.82, 2.24) is 9.97 Å². The van der Waals surface area contributed by atoms with Gasteiger partial charge in [-0.3, -0.25) is 0 Å². The second-order valence-corrected chi connectivity index (χ2v) is 5.04. The Morgan fingerprint density at radius 3 is 2.60 bits per heavy atom. The minimum atomic E-state index is 0.529. The van der Waals surface area contributed by atoms with Crippen LogP contribution in [0.2, 0.25) is 10.0 Å². The van der Waals surface area contributed by atoms with E-state index in [1.54, 1.807) is 18.2 Å². The lowest BCUT2D eigenvalue weighted by atomic mass is 10.1. The van der Waals surface area contributed by atoms with Crippen LogP contribution in [0, 0.1) is 0 Å². The molecule has 7 heteroatoms. The minimum Gasteiger partial charge on any atom is -0.339 e. The van der Waals surface area contributed by atoms with Crippen molar-refractivity contribution in [3.05, 3.63) is 40.1 Å². The normalized spacial score (nSPS) is 10.4. The Bertz CT molecular complexity index is 603. The quantitative estimate of drug-likeness (QED) is 0.579. The number of halogens is 2. The summed E-state index contributed by atoms with van der Waals surface area (Å²) in [5, 5.41) is 4.30. The van der Waals surface area contributed by atoms with Crippen molar-refractivity contribution in [2.45, 2.75) is 19.8 Å². The third-order valence-electron chi connectivity index (χ3n) is 2.77. The second kappa shape index (κ2) is 6.74. The van der Waals surface area contributed by atoms with Crippen LogP contribution >= 0.6 is 23.2 Å². The van der Waals surface area contributed by atoms with Crippen LogP contribution in [0.4, 0.5) is 17.3 Å². The Morgan fingerprint density at radius 2 is 1.95 bits per heavy atom. The van der Waals surface area contributed by atoms with Crippen LogP contribution in [0.3, 0.4) is 0 Å². The van der Waals surface area contributed by atoms with Gasteiger partial charge in [0.05, 0.1) is 10.7 Å². The minimum absolute atomic E-state index is 0.529. The van der Waals surface area contributed by atoms with Crippen LogP contribution in [-0.2, 0) is 6.42 Å². The Kier molecular flexibility index (Phi) is 5.00. The fourth-order valence-corrected chi connectivity index (χ4v) is 2.31. The summed E-state index contributed by atoms with van der Waals surface area (Å²) in [6, 6.07) is 5.24. The smallest absolute Gasteiger partial charge is 0.148 e. The van der Waals surface area contributed by atoms with E-state index in [-0.39, 0.29) is 0 Å². The van der Waals surface area contributed by atoms with Gasteiger partial charge in [0.15, 0.2) is 0 Å². The van der Waals surface area contributed by atoms with Crippen molar-refractivity contribution in [2.24, 2.45) is 5.84 Å². The number of nitrogens with two attached hydrogens (primary N) is 1. The average Bonchev–Trinajstić information content (AvgIpc) is 2.43. The number of anilines is 3. The molecule has 0 aliphatic rings. The number of benzene rings is 1. The van der Waals surface area contributed by atoms with E-state index in [9.17, 15) is 0 Å². The molecule has 1 heterocycles. The van der Waals surface area contributed by atoms with E-state index in [0.717, 1.165) is 24.1 Å². The summed E-state index contributed by atoms with van der Waals surface area (Å²) in [5.74, 6) is 6.77. The lowest BCUT2D eigenvalue weighted by molar-refractivity contribution is 0.903. The highest BCUT2D eigenvalue weighted by atomic mass is 35.5. The molecule has 0 atom stereocenters. The maximum absolute atomic E-state index is 6.15. The molecule has 106 valence electrons. The maximum Gasteiger partial charge on any atom is 0.148 e. The molecule has 0 unspecified atom stereocenters. The Labute approximate surface area is 127 Å². The lowest BCUT2D eigenvalue weighted by Gasteiger charge is -2.14. The van der Waals surface area contributed by atoms with Gasteiger partial charge in [-0.15, -0.1) is 0 Å². The van der Waals surface area contributed by atoms with Gasteiger partial charge in [-0.25, -0.2) is 15.8 Å². The molecule has 5 nitrogen and oxygen atoms in total. The zero-order valence-electron chi connectivity index (χ0n) is 11.0. The van der Waals surface area contributed by atoms with E-state index < -0.39 is 0 Å². The molecule has 20 heavy (non-hydrogen) atoms. The van der Waals surface area contributed by atoms with E-state index >= 15 is 0 Å². The first-order valence-electron chi connectivity index (χ1n) is 6.18. The van der Waals surface area contributed by atoms with Gasteiger partial charge >= 0.3 is 0 Å². The number of hydrogen-bond acceptors (Lipinski definition) is 5. The lowest BCUT2D eigenvalue weighted by Crippen LogP contribution is -2.13. The summed E-state index contributed by atoms with van der Waals surface area (Å²) in [5.41, 5.74) is 4.24. The molecule has 1 aromatic carbocycles. The number of nitrogen functional groups attached to an aromatic ring is 1. The topological polar surface area (TPSA) is 75.9 Å². The fraction of sp³-hybridized carbons (Fsp3) is 0.231. The van der Waals surface area contributed by atoms with Crippen LogP contribution in [0.1, 0.15) is 18.9 Å². The molecule has 0 saturated heterocycles. The summed E-state index contributed by atoms with van der Waals surface area (Å²) in [7, 11) is 0. The van der Waals surface area contributed by atoms with E-state index in [1.807, 2.05) is 0 Å².